The summed E-state index contributed by atoms with van der Waals surface area (Å²) in [7, 11) is 2.22. The van der Waals surface area contributed by atoms with Crippen LogP contribution in [0.15, 0.2) is 24.3 Å². The molecule has 2 rings (SSSR count). The maximum atomic E-state index is 3.55. The molecule has 0 aliphatic carbocycles. The van der Waals surface area contributed by atoms with Crippen LogP contribution >= 0.6 is 0 Å². The third-order valence-electron chi connectivity index (χ3n) is 3.27. The fourth-order valence-electron chi connectivity index (χ4n) is 2.33. The number of anilines is 1. The summed E-state index contributed by atoms with van der Waals surface area (Å²) in [6, 6.07) is 9.22. The first-order valence-electron chi connectivity index (χ1n) is 5.70. The van der Waals surface area contributed by atoms with Crippen LogP contribution in [0.3, 0.4) is 0 Å². The lowest BCUT2D eigenvalue weighted by Crippen LogP contribution is -2.38. The largest absolute Gasteiger partial charge is 0.383 e. The van der Waals surface area contributed by atoms with Crippen molar-refractivity contribution in [2.24, 2.45) is 5.92 Å². The van der Waals surface area contributed by atoms with Gasteiger partial charge >= 0.3 is 0 Å². The van der Waals surface area contributed by atoms with Crippen molar-refractivity contribution in [3.63, 3.8) is 0 Å². The summed E-state index contributed by atoms with van der Waals surface area (Å²) in [5.41, 5.74) is 2.70. The van der Waals surface area contributed by atoms with Gasteiger partial charge in [-0.2, -0.15) is 0 Å². The molecule has 1 aliphatic rings. The molecule has 0 saturated heterocycles. The Kier molecular flexibility index (Phi) is 2.96. The zero-order valence-corrected chi connectivity index (χ0v) is 9.83. The predicted octanol–water partition coefficient (Wildman–Crippen LogP) is 2.57. The van der Waals surface area contributed by atoms with Crippen LogP contribution in [0.4, 0.5) is 5.69 Å². The van der Waals surface area contributed by atoms with Gasteiger partial charge in [0.1, 0.15) is 0 Å². The minimum Gasteiger partial charge on any atom is -0.383 e. The lowest BCUT2D eigenvalue weighted by Gasteiger charge is -2.28. The van der Waals surface area contributed by atoms with Gasteiger partial charge in [0.05, 0.1) is 0 Å². The number of para-hydroxylation sites is 1. The second kappa shape index (κ2) is 4.23. The molecular weight excluding hydrogens is 184 g/mol. The molecule has 1 aliphatic heterocycles. The van der Waals surface area contributed by atoms with E-state index in [9.17, 15) is 0 Å². The van der Waals surface area contributed by atoms with Crippen molar-refractivity contribution in [1.82, 2.24) is 4.90 Å². The minimum atomic E-state index is 0.623. The molecule has 1 heterocycles. The van der Waals surface area contributed by atoms with Crippen molar-refractivity contribution in [3.05, 3.63) is 29.8 Å². The fourth-order valence-corrected chi connectivity index (χ4v) is 2.33. The van der Waals surface area contributed by atoms with Crippen molar-refractivity contribution in [2.75, 3.05) is 18.9 Å². The number of nitrogens with one attached hydrogen (secondary N) is 1. The first-order chi connectivity index (χ1) is 7.18. The molecule has 0 bridgehead atoms. The van der Waals surface area contributed by atoms with Gasteiger partial charge in [0.2, 0.25) is 0 Å². The van der Waals surface area contributed by atoms with Crippen LogP contribution in [-0.4, -0.2) is 24.5 Å². The molecule has 15 heavy (non-hydrogen) atoms. The molecule has 2 nitrogen and oxygen atoms in total. The monoisotopic (exact) mass is 204 g/mol. The van der Waals surface area contributed by atoms with E-state index in [0.29, 0.717) is 12.0 Å². The Bertz CT molecular complexity index is 333. The third kappa shape index (κ3) is 2.15. The first-order valence-corrected chi connectivity index (χ1v) is 5.70. The quantitative estimate of drug-likeness (QED) is 0.756. The zero-order chi connectivity index (χ0) is 10.8. The highest BCUT2D eigenvalue weighted by molar-refractivity contribution is 5.51. The number of fused-ring (bicyclic) bond motifs is 1. The molecule has 0 saturated carbocycles. The highest BCUT2D eigenvalue weighted by Crippen LogP contribution is 2.23. The van der Waals surface area contributed by atoms with Crippen molar-refractivity contribution in [2.45, 2.75) is 26.4 Å². The van der Waals surface area contributed by atoms with Crippen LogP contribution < -0.4 is 5.32 Å². The zero-order valence-electron chi connectivity index (χ0n) is 9.83. The first kappa shape index (κ1) is 10.5. The number of hydrogen-bond donors (Lipinski definition) is 1. The van der Waals surface area contributed by atoms with Gasteiger partial charge in [0, 0.05) is 24.8 Å². The Morgan fingerprint density at radius 2 is 2.07 bits per heavy atom. The van der Waals surface area contributed by atoms with Crippen LogP contribution in [0.25, 0.3) is 0 Å². The maximum absolute atomic E-state index is 3.55. The van der Waals surface area contributed by atoms with Crippen LogP contribution in [0.2, 0.25) is 0 Å². The Morgan fingerprint density at radius 3 is 2.80 bits per heavy atom. The summed E-state index contributed by atoms with van der Waals surface area (Å²) < 4.78 is 0. The number of rotatable bonds is 1. The number of benzene rings is 1. The Hall–Kier alpha value is -1.02. The van der Waals surface area contributed by atoms with Crippen molar-refractivity contribution >= 4 is 5.69 Å². The third-order valence-corrected chi connectivity index (χ3v) is 3.27. The Balaban J connectivity index is 2.22. The molecule has 0 aromatic heterocycles. The molecule has 0 radical (unpaired) electrons. The van der Waals surface area contributed by atoms with Gasteiger partial charge in [-0.3, -0.25) is 4.90 Å². The average Bonchev–Trinajstić information content (AvgIpc) is 2.35. The van der Waals surface area contributed by atoms with Gasteiger partial charge in [-0.25, -0.2) is 0 Å². The Morgan fingerprint density at radius 1 is 1.33 bits per heavy atom. The smallest absolute Gasteiger partial charge is 0.0386 e. The summed E-state index contributed by atoms with van der Waals surface area (Å²) >= 11 is 0. The molecule has 0 spiro atoms. The van der Waals surface area contributed by atoms with E-state index in [2.05, 4.69) is 55.4 Å². The van der Waals surface area contributed by atoms with Crippen molar-refractivity contribution in [1.29, 1.82) is 0 Å². The molecule has 82 valence electrons. The van der Waals surface area contributed by atoms with Gasteiger partial charge in [0.25, 0.3) is 0 Å². The average molecular weight is 204 g/mol. The molecule has 0 unspecified atom stereocenters. The molecule has 1 atom stereocenters. The van der Waals surface area contributed by atoms with E-state index in [1.165, 1.54) is 11.3 Å². The van der Waals surface area contributed by atoms with Gasteiger partial charge in [-0.05, 0) is 24.6 Å². The van der Waals surface area contributed by atoms with Crippen LogP contribution in [-0.2, 0) is 6.54 Å². The van der Waals surface area contributed by atoms with Crippen molar-refractivity contribution < 1.29 is 0 Å². The molecule has 2 heteroatoms. The Labute approximate surface area is 92.3 Å². The predicted molar refractivity (Wildman–Crippen MR) is 65.0 cm³/mol. The maximum Gasteiger partial charge on any atom is 0.0386 e. The second-order valence-electron chi connectivity index (χ2n) is 4.76. The van der Waals surface area contributed by atoms with E-state index >= 15 is 0 Å². The van der Waals surface area contributed by atoms with Gasteiger partial charge in [-0.15, -0.1) is 0 Å². The summed E-state index contributed by atoms with van der Waals surface area (Å²) in [6.07, 6.45) is 0. The van der Waals surface area contributed by atoms with E-state index in [1.54, 1.807) is 0 Å². The van der Waals surface area contributed by atoms with E-state index in [0.717, 1.165) is 13.1 Å². The second-order valence-corrected chi connectivity index (χ2v) is 4.76. The van der Waals surface area contributed by atoms with Crippen LogP contribution in [0, 0.1) is 5.92 Å². The van der Waals surface area contributed by atoms with Gasteiger partial charge < -0.3 is 5.32 Å². The fraction of sp³-hybridized carbons (Fsp3) is 0.538. The van der Waals surface area contributed by atoms with Gasteiger partial charge in [-0.1, -0.05) is 32.0 Å². The standard InChI is InChI=1S/C13H20N2/c1-10(2)13-8-14-12-7-5-4-6-11(12)9-15(13)3/h4-7,10,13-14H,8-9H2,1-3H3/t13-/m1/s1. The lowest BCUT2D eigenvalue weighted by atomic mass is 10.0. The highest BCUT2D eigenvalue weighted by Gasteiger charge is 2.22. The summed E-state index contributed by atoms with van der Waals surface area (Å²) in [4.78, 5) is 2.45. The molecular formula is C13H20N2. The van der Waals surface area contributed by atoms with E-state index in [4.69, 9.17) is 0 Å². The molecule has 1 aromatic rings. The molecule has 1 aromatic carbocycles. The minimum absolute atomic E-state index is 0.623. The molecule has 1 N–H and O–H groups in total. The van der Waals surface area contributed by atoms with Gasteiger partial charge in [0.15, 0.2) is 0 Å². The SMILES string of the molecule is CC(C)[C@H]1CNc2ccccc2CN1C. The van der Waals surface area contributed by atoms with Crippen molar-refractivity contribution in [3.8, 4) is 0 Å². The van der Waals surface area contributed by atoms with E-state index in [-0.39, 0.29) is 0 Å². The molecule has 0 amide bonds. The number of hydrogen-bond acceptors (Lipinski definition) is 2. The molecule has 0 fully saturated rings. The summed E-state index contributed by atoms with van der Waals surface area (Å²) in [6.45, 7) is 6.68. The van der Waals surface area contributed by atoms with Crippen LogP contribution in [0.5, 0.6) is 0 Å². The lowest BCUT2D eigenvalue weighted by molar-refractivity contribution is 0.198. The van der Waals surface area contributed by atoms with Crippen LogP contribution in [0.1, 0.15) is 19.4 Å². The number of nitrogens with zero attached hydrogens (tertiary/aromatic N) is 1. The number of likely N-dealkylation sites (N-methyl/N-ethyl adjacent to an activating group) is 1. The topological polar surface area (TPSA) is 15.3 Å². The summed E-state index contributed by atoms with van der Waals surface area (Å²) in [5, 5.41) is 3.55. The normalized spacial score (nSPS) is 22.0. The summed E-state index contributed by atoms with van der Waals surface area (Å²) in [5.74, 6) is 0.691. The highest BCUT2D eigenvalue weighted by atomic mass is 15.2. The van der Waals surface area contributed by atoms with E-state index < -0.39 is 0 Å². The van der Waals surface area contributed by atoms with E-state index in [1.807, 2.05) is 0 Å².